The number of carbonyl (C=O) groups is 1. The van der Waals surface area contributed by atoms with Crippen molar-refractivity contribution < 1.29 is 14.3 Å². The maximum Gasteiger partial charge on any atom is 0.343 e. The number of unbranched alkanes of at least 4 members (excludes halogenated alkanes) is 2. The Morgan fingerprint density at radius 1 is 0.867 bits per heavy atom. The largest absolute Gasteiger partial charge is 0.423 e. The summed E-state index contributed by atoms with van der Waals surface area (Å²) in [6, 6.07) is 19.1. The Morgan fingerprint density at radius 3 is 2.23 bits per heavy atom. The van der Waals surface area contributed by atoms with E-state index >= 15 is 0 Å². The number of nitrogens with zero attached hydrogens (tertiary/aromatic N) is 1. The molecule has 0 saturated carbocycles. The van der Waals surface area contributed by atoms with Crippen LogP contribution in [0.4, 0.5) is 0 Å². The number of aromatic nitrogens is 1. The number of hydrogen-bond acceptors (Lipinski definition) is 4. The Balaban J connectivity index is 1.57. The Morgan fingerprint density at radius 2 is 1.60 bits per heavy atom. The van der Waals surface area contributed by atoms with Gasteiger partial charge in [0.15, 0.2) is 0 Å². The van der Waals surface area contributed by atoms with Crippen molar-refractivity contribution in [3.63, 3.8) is 0 Å². The standard InChI is InChI=1S/C26H29NO3/c1-3-5-6-7-20-8-11-23(12-9-20)26(28)30-24-15-13-22(14-16-24)25-17-10-21(18-27-25)19-29-4-2/h8-18H,3-7,19H2,1-2H3. The smallest absolute Gasteiger partial charge is 0.343 e. The third-order valence-corrected chi connectivity index (χ3v) is 4.92. The third kappa shape index (κ3) is 6.26. The van der Waals surface area contributed by atoms with Crippen LogP contribution in [0.2, 0.25) is 0 Å². The molecule has 30 heavy (non-hydrogen) atoms. The first kappa shape index (κ1) is 21.7. The molecule has 1 heterocycles. The van der Waals surface area contributed by atoms with Gasteiger partial charge in [0.05, 0.1) is 17.9 Å². The highest BCUT2D eigenvalue weighted by Gasteiger charge is 2.09. The summed E-state index contributed by atoms with van der Waals surface area (Å²) in [4.78, 5) is 16.9. The van der Waals surface area contributed by atoms with Crippen LogP contribution in [0.1, 0.15) is 54.6 Å². The first-order valence-corrected chi connectivity index (χ1v) is 10.6. The fraction of sp³-hybridized carbons (Fsp3) is 0.308. The van der Waals surface area contributed by atoms with Gasteiger partial charge in [0.1, 0.15) is 5.75 Å². The second-order valence-corrected chi connectivity index (χ2v) is 7.26. The highest BCUT2D eigenvalue weighted by molar-refractivity contribution is 5.91. The number of carbonyl (C=O) groups excluding carboxylic acids is 1. The molecular weight excluding hydrogens is 374 g/mol. The predicted molar refractivity (Wildman–Crippen MR) is 120 cm³/mol. The number of esters is 1. The molecule has 0 aliphatic carbocycles. The van der Waals surface area contributed by atoms with E-state index in [9.17, 15) is 4.79 Å². The summed E-state index contributed by atoms with van der Waals surface area (Å²) in [5.74, 6) is 0.171. The van der Waals surface area contributed by atoms with E-state index in [2.05, 4.69) is 11.9 Å². The second kappa shape index (κ2) is 11.3. The van der Waals surface area contributed by atoms with E-state index in [0.29, 0.717) is 24.5 Å². The number of rotatable bonds is 10. The summed E-state index contributed by atoms with van der Waals surface area (Å²) >= 11 is 0. The van der Waals surface area contributed by atoms with Gasteiger partial charge in [0.25, 0.3) is 0 Å². The molecule has 0 aliphatic heterocycles. The fourth-order valence-electron chi connectivity index (χ4n) is 3.15. The van der Waals surface area contributed by atoms with Gasteiger partial charge in [0, 0.05) is 18.4 Å². The van der Waals surface area contributed by atoms with Gasteiger partial charge in [0.2, 0.25) is 0 Å². The molecule has 3 aromatic rings. The molecule has 4 heteroatoms. The van der Waals surface area contributed by atoms with Crippen LogP contribution in [-0.4, -0.2) is 17.6 Å². The lowest BCUT2D eigenvalue weighted by atomic mass is 10.1. The minimum Gasteiger partial charge on any atom is -0.423 e. The first-order chi connectivity index (χ1) is 14.7. The van der Waals surface area contributed by atoms with Crippen molar-refractivity contribution in [2.75, 3.05) is 6.61 Å². The lowest BCUT2D eigenvalue weighted by molar-refractivity contribution is 0.0735. The Kier molecular flexibility index (Phi) is 8.16. The second-order valence-electron chi connectivity index (χ2n) is 7.26. The van der Waals surface area contributed by atoms with E-state index in [4.69, 9.17) is 9.47 Å². The fourth-order valence-corrected chi connectivity index (χ4v) is 3.15. The topological polar surface area (TPSA) is 48.4 Å². The normalized spacial score (nSPS) is 10.7. The summed E-state index contributed by atoms with van der Waals surface area (Å²) in [6.07, 6.45) is 6.48. The van der Waals surface area contributed by atoms with Crippen LogP contribution in [0.5, 0.6) is 5.75 Å². The van der Waals surface area contributed by atoms with Gasteiger partial charge in [-0.1, -0.05) is 38.0 Å². The molecule has 0 aliphatic rings. The van der Waals surface area contributed by atoms with Crippen LogP contribution in [0.3, 0.4) is 0 Å². The first-order valence-electron chi connectivity index (χ1n) is 10.6. The summed E-state index contributed by atoms with van der Waals surface area (Å²) in [7, 11) is 0. The summed E-state index contributed by atoms with van der Waals surface area (Å²) in [5.41, 5.74) is 4.69. The van der Waals surface area contributed by atoms with Crippen LogP contribution >= 0.6 is 0 Å². The van der Waals surface area contributed by atoms with Gasteiger partial charge < -0.3 is 9.47 Å². The summed E-state index contributed by atoms with van der Waals surface area (Å²) in [6.45, 7) is 5.42. The number of hydrogen-bond donors (Lipinski definition) is 0. The molecule has 0 unspecified atom stereocenters. The van der Waals surface area contributed by atoms with Gasteiger partial charge in [-0.05, 0) is 73.4 Å². The number of ether oxygens (including phenoxy) is 2. The molecule has 0 fully saturated rings. The zero-order chi connectivity index (χ0) is 21.2. The van der Waals surface area contributed by atoms with E-state index in [0.717, 1.165) is 23.2 Å². The van der Waals surface area contributed by atoms with Gasteiger partial charge >= 0.3 is 5.97 Å². The van der Waals surface area contributed by atoms with E-state index in [1.807, 2.05) is 61.7 Å². The molecule has 3 rings (SSSR count). The van der Waals surface area contributed by atoms with Crippen molar-refractivity contribution in [2.45, 2.75) is 46.1 Å². The SMILES string of the molecule is CCCCCc1ccc(C(=O)Oc2ccc(-c3ccc(COCC)cn3)cc2)cc1. The van der Waals surface area contributed by atoms with Crippen molar-refractivity contribution in [3.05, 3.63) is 83.6 Å². The molecule has 0 spiro atoms. The van der Waals surface area contributed by atoms with Gasteiger partial charge in [-0.15, -0.1) is 0 Å². The molecular formula is C26H29NO3. The summed E-state index contributed by atoms with van der Waals surface area (Å²) < 4.78 is 10.9. The molecule has 0 bridgehead atoms. The molecule has 0 radical (unpaired) electrons. The van der Waals surface area contributed by atoms with E-state index in [-0.39, 0.29) is 5.97 Å². The van der Waals surface area contributed by atoms with Crippen LogP contribution in [-0.2, 0) is 17.8 Å². The Hall–Kier alpha value is -2.98. The van der Waals surface area contributed by atoms with Gasteiger partial charge in [-0.3, -0.25) is 4.98 Å². The molecule has 0 saturated heterocycles. The molecule has 0 atom stereocenters. The Labute approximate surface area is 178 Å². The number of pyridine rings is 1. The predicted octanol–water partition coefficient (Wildman–Crippen LogP) is 6.24. The van der Waals surface area contributed by atoms with Gasteiger partial charge in [-0.2, -0.15) is 0 Å². The minimum absolute atomic E-state index is 0.346. The summed E-state index contributed by atoms with van der Waals surface area (Å²) in [5, 5.41) is 0. The Bertz CT molecular complexity index is 916. The third-order valence-electron chi connectivity index (χ3n) is 4.92. The number of benzene rings is 2. The van der Waals surface area contributed by atoms with Crippen molar-refractivity contribution in [1.82, 2.24) is 4.98 Å². The van der Waals surface area contributed by atoms with E-state index in [1.54, 1.807) is 12.1 Å². The molecule has 4 nitrogen and oxygen atoms in total. The highest BCUT2D eigenvalue weighted by Crippen LogP contribution is 2.22. The van der Waals surface area contributed by atoms with Gasteiger partial charge in [-0.25, -0.2) is 4.79 Å². The highest BCUT2D eigenvalue weighted by atomic mass is 16.5. The van der Waals surface area contributed by atoms with E-state index in [1.165, 1.54) is 24.8 Å². The van der Waals surface area contributed by atoms with Crippen molar-refractivity contribution >= 4 is 5.97 Å². The van der Waals surface area contributed by atoms with E-state index < -0.39 is 0 Å². The van der Waals surface area contributed by atoms with Crippen molar-refractivity contribution in [3.8, 4) is 17.0 Å². The molecule has 0 amide bonds. The van der Waals surface area contributed by atoms with Crippen molar-refractivity contribution in [2.24, 2.45) is 0 Å². The van der Waals surface area contributed by atoms with Crippen LogP contribution in [0.25, 0.3) is 11.3 Å². The zero-order valence-electron chi connectivity index (χ0n) is 17.8. The van der Waals surface area contributed by atoms with Crippen LogP contribution < -0.4 is 4.74 Å². The lowest BCUT2D eigenvalue weighted by Crippen LogP contribution is -2.08. The molecule has 1 aromatic heterocycles. The maximum atomic E-state index is 12.4. The average molecular weight is 404 g/mol. The van der Waals surface area contributed by atoms with Crippen LogP contribution in [0.15, 0.2) is 66.9 Å². The minimum atomic E-state index is -0.346. The molecule has 0 N–H and O–H groups in total. The molecule has 156 valence electrons. The quantitative estimate of drug-likeness (QED) is 0.228. The molecule has 2 aromatic carbocycles. The van der Waals surface area contributed by atoms with Crippen molar-refractivity contribution in [1.29, 1.82) is 0 Å². The maximum absolute atomic E-state index is 12.4. The lowest BCUT2D eigenvalue weighted by Gasteiger charge is -2.07. The monoisotopic (exact) mass is 403 g/mol. The average Bonchev–Trinajstić information content (AvgIpc) is 2.79. The number of aryl methyl sites for hydroxylation is 1. The van der Waals surface area contributed by atoms with Crippen LogP contribution in [0, 0.1) is 0 Å². The zero-order valence-corrected chi connectivity index (χ0v) is 17.8.